The molecule has 0 amide bonds. The fourth-order valence-electron chi connectivity index (χ4n) is 2.80. The standard InChI is InChI=1S/C17H15N3S/c18-15(11-6-2-1-3-7-11)17-20-19-16(21-17)14-10-12-8-4-5-9-13(12)14/h1-9,14-15H,10,18H2. The monoisotopic (exact) mass is 293 g/mol. The van der Waals surface area contributed by atoms with Gasteiger partial charge in [0.2, 0.25) is 0 Å². The average molecular weight is 293 g/mol. The van der Waals surface area contributed by atoms with Crippen molar-refractivity contribution in [3.63, 3.8) is 0 Å². The summed E-state index contributed by atoms with van der Waals surface area (Å²) in [5.74, 6) is 0.399. The normalized spacial score (nSPS) is 17.9. The first-order valence-corrected chi connectivity index (χ1v) is 7.86. The van der Waals surface area contributed by atoms with Gasteiger partial charge in [0.25, 0.3) is 0 Å². The number of hydrogen-bond donors (Lipinski definition) is 1. The van der Waals surface area contributed by atoms with Crippen molar-refractivity contribution in [3.8, 4) is 0 Å². The molecule has 3 aromatic rings. The fraction of sp³-hybridized carbons (Fsp3) is 0.176. The number of nitrogens with zero attached hydrogens (tertiary/aromatic N) is 2. The molecule has 1 aromatic heterocycles. The highest BCUT2D eigenvalue weighted by molar-refractivity contribution is 7.11. The molecule has 0 fully saturated rings. The Labute approximate surface area is 127 Å². The molecule has 1 aliphatic carbocycles. The summed E-state index contributed by atoms with van der Waals surface area (Å²) in [4.78, 5) is 0. The van der Waals surface area contributed by atoms with Gasteiger partial charge in [-0.05, 0) is 23.1 Å². The Kier molecular flexibility index (Phi) is 3.05. The lowest BCUT2D eigenvalue weighted by molar-refractivity contribution is 0.689. The van der Waals surface area contributed by atoms with Crippen LogP contribution in [0.15, 0.2) is 54.6 Å². The van der Waals surface area contributed by atoms with Crippen molar-refractivity contribution in [2.75, 3.05) is 0 Å². The van der Waals surface area contributed by atoms with Crippen molar-refractivity contribution in [1.82, 2.24) is 10.2 Å². The molecule has 4 heteroatoms. The third-order valence-electron chi connectivity index (χ3n) is 4.03. The first kappa shape index (κ1) is 12.7. The van der Waals surface area contributed by atoms with E-state index in [9.17, 15) is 0 Å². The Morgan fingerprint density at radius 3 is 2.57 bits per heavy atom. The van der Waals surface area contributed by atoms with Crippen LogP contribution in [0.4, 0.5) is 0 Å². The minimum atomic E-state index is -0.187. The molecular weight excluding hydrogens is 278 g/mol. The maximum atomic E-state index is 6.29. The topological polar surface area (TPSA) is 51.8 Å². The van der Waals surface area contributed by atoms with E-state index in [0.717, 1.165) is 22.0 Å². The summed E-state index contributed by atoms with van der Waals surface area (Å²) < 4.78 is 0. The molecule has 0 aliphatic heterocycles. The van der Waals surface area contributed by atoms with Crippen LogP contribution in [-0.2, 0) is 6.42 Å². The zero-order valence-electron chi connectivity index (χ0n) is 11.4. The Hall–Kier alpha value is -2.04. The second kappa shape index (κ2) is 5.06. The van der Waals surface area contributed by atoms with E-state index >= 15 is 0 Å². The SMILES string of the molecule is NC(c1ccccc1)c1nnc(C2Cc3ccccc32)s1. The van der Waals surface area contributed by atoms with Crippen molar-refractivity contribution in [2.24, 2.45) is 5.73 Å². The molecule has 21 heavy (non-hydrogen) atoms. The van der Waals surface area contributed by atoms with Gasteiger partial charge in [0.15, 0.2) is 0 Å². The molecule has 104 valence electrons. The zero-order valence-corrected chi connectivity index (χ0v) is 12.3. The maximum Gasteiger partial charge on any atom is 0.138 e. The first-order chi connectivity index (χ1) is 10.3. The molecule has 0 spiro atoms. The van der Waals surface area contributed by atoms with Gasteiger partial charge in [0.05, 0.1) is 6.04 Å². The van der Waals surface area contributed by atoms with E-state index in [1.807, 2.05) is 30.3 Å². The second-order valence-corrected chi connectivity index (χ2v) is 6.36. The van der Waals surface area contributed by atoms with Crippen LogP contribution in [0, 0.1) is 0 Å². The van der Waals surface area contributed by atoms with Gasteiger partial charge in [-0.3, -0.25) is 0 Å². The molecule has 2 N–H and O–H groups in total. The van der Waals surface area contributed by atoms with Crippen molar-refractivity contribution in [3.05, 3.63) is 81.3 Å². The lowest BCUT2D eigenvalue weighted by Crippen LogP contribution is -2.17. The molecule has 0 radical (unpaired) electrons. The molecule has 0 saturated carbocycles. The molecule has 2 unspecified atom stereocenters. The molecule has 1 heterocycles. The highest BCUT2D eigenvalue weighted by Crippen LogP contribution is 2.41. The number of hydrogen-bond acceptors (Lipinski definition) is 4. The van der Waals surface area contributed by atoms with Gasteiger partial charge in [0.1, 0.15) is 10.0 Å². The van der Waals surface area contributed by atoms with Crippen LogP contribution >= 0.6 is 11.3 Å². The molecule has 2 atom stereocenters. The van der Waals surface area contributed by atoms with Crippen LogP contribution in [0.25, 0.3) is 0 Å². The van der Waals surface area contributed by atoms with Gasteiger partial charge in [-0.15, -0.1) is 10.2 Å². The fourth-order valence-corrected chi connectivity index (χ4v) is 3.79. The predicted molar refractivity (Wildman–Crippen MR) is 84.4 cm³/mol. The maximum absolute atomic E-state index is 6.29. The number of nitrogens with two attached hydrogens (primary N) is 1. The van der Waals surface area contributed by atoms with Crippen molar-refractivity contribution < 1.29 is 0 Å². The molecule has 4 rings (SSSR count). The Morgan fingerprint density at radius 1 is 1.00 bits per heavy atom. The second-order valence-electron chi connectivity index (χ2n) is 5.32. The molecular formula is C17H15N3S. The van der Waals surface area contributed by atoms with Gasteiger partial charge in [0, 0.05) is 5.92 Å². The summed E-state index contributed by atoms with van der Waals surface area (Å²) >= 11 is 1.64. The summed E-state index contributed by atoms with van der Waals surface area (Å²) in [5.41, 5.74) is 10.2. The highest BCUT2D eigenvalue weighted by atomic mass is 32.1. The summed E-state index contributed by atoms with van der Waals surface area (Å²) in [5, 5.41) is 10.7. The van der Waals surface area contributed by atoms with E-state index < -0.39 is 0 Å². The lowest BCUT2D eigenvalue weighted by atomic mass is 9.78. The minimum absolute atomic E-state index is 0.187. The van der Waals surface area contributed by atoms with E-state index in [1.54, 1.807) is 11.3 Å². The van der Waals surface area contributed by atoms with Crippen molar-refractivity contribution in [1.29, 1.82) is 0 Å². The average Bonchev–Trinajstić information content (AvgIpc) is 2.98. The molecule has 0 bridgehead atoms. The van der Waals surface area contributed by atoms with Crippen LogP contribution in [-0.4, -0.2) is 10.2 Å². The van der Waals surface area contributed by atoms with E-state index in [-0.39, 0.29) is 6.04 Å². The van der Waals surface area contributed by atoms with E-state index in [2.05, 4.69) is 34.5 Å². The zero-order chi connectivity index (χ0) is 14.2. The number of fused-ring (bicyclic) bond motifs is 1. The predicted octanol–water partition coefficient (Wildman–Crippen LogP) is 3.27. The first-order valence-electron chi connectivity index (χ1n) is 7.04. The van der Waals surface area contributed by atoms with Gasteiger partial charge in [-0.2, -0.15) is 0 Å². The van der Waals surface area contributed by atoms with Crippen LogP contribution in [0.2, 0.25) is 0 Å². The molecule has 3 nitrogen and oxygen atoms in total. The minimum Gasteiger partial charge on any atom is -0.318 e. The third kappa shape index (κ3) is 2.17. The summed E-state index contributed by atoms with van der Waals surface area (Å²) in [6.07, 6.45) is 1.06. The lowest BCUT2D eigenvalue weighted by Gasteiger charge is -2.27. The Morgan fingerprint density at radius 2 is 1.76 bits per heavy atom. The summed E-state index contributed by atoms with van der Waals surface area (Å²) in [6.45, 7) is 0. The van der Waals surface area contributed by atoms with Crippen molar-refractivity contribution >= 4 is 11.3 Å². The molecule has 0 saturated heterocycles. The van der Waals surface area contributed by atoms with Gasteiger partial charge >= 0.3 is 0 Å². The largest absolute Gasteiger partial charge is 0.318 e. The Bertz CT molecular complexity index is 750. The van der Waals surface area contributed by atoms with Gasteiger partial charge in [-0.25, -0.2) is 0 Å². The summed E-state index contributed by atoms with van der Waals surface area (Å²) in [7, 11) is 0. The quantitative estimate of drug-likeness (QED) is 0.806. The van der Waals surface area contributed by atoms with Gasteiger partial charge in [-0.1, -0.05) is 65.9 Å². The summed E-state index contributed by atoms with van der Waals surface area (Å²) in [6, 6.07) is 18.4. The smallest absolute Gasteiger partial charge is 0.138 e. The Balaban J connectivity index is 1.60. The van der Waals surface area contributed by atoms with Crippen LogP contribution < -0.4 is 5.73 Å². The van der Waals surface area contributed by atoms with Crippen molar-refractivity contribution in [2.45, 2.75) is 18.4 Å². The van der Waals surface area contributed by atoms with E-state index in [0.29, 0.717) is 5.92 Å². The van der Waals surface area contributed by atoms with Crippen LogP contribution in [0.1, 0.15) is 38.7 Å². The van der Waals surface area contributed by atoms with Crippen LogP contribution in [0.5, 0.6) is 0 Å². The van der Waals surface area contributed by atoms with Crippen LogP contribution in [0.3, 0.4) is 0 Å². The van der Waals surface area contributed by atoms with E-state index in [1.165, 1.54) is 11.1 Å². The number of benzene rings is 2. The van der Waals surface area contributed by atoms with Gasteiger partial charge < -0.3 is 5.73 Å². The number of aromatic nitrogens is 2. The van der Waals surface area contributed by atoms with E-state index in [4.69, 9.17) is 5.73 Å². The molecule has 1 aliphatic rings. The third-order valence-corrected chi connectivity index (χ3v) is 5.15. The number of rotatable bonds is 3. The molecule has 2 aromatic carbocycles. The highest BCUT2D eigenvalue weighted by Gasteiger charge is 2.30.